The summed E-state index contributed by atoms with van der Waals surface area (Å²) >= 11 is 0. The van der Waals surface area contributed by atoms with Crippen molar-refractivity contribution in [2.45, 2.75) is 32.4 Å². The summed E-state index contributed by atoms with van der Waals surface area (Å²) in [6.07, 6.45) is 2.39. The number of hydrogen-bond donors (Lipinski definition) is 0. The normalized spacial score (nSPS) is 14.4. The molecule has 1 fully saturated rings. The number of aromatic nitrogens is 3. The van der Waals surface area contributed by atoms with Gasteiger partial charge in [0.15, 0.2) is 6.29 Å². The number of aldehydes is 1. The Kier molecular flexibility index (Phi) is 6.88. The zero-order valence-corrected chi connectivity index (χ0v) is 20.4. The lowest BCUT2D eigenvalue weighted by molar-refractivity contribution is 0.0860. The molecule has 0 atom stereocenters. The monoisotopic (exact) mass is 463 g/mol. The maximum absolute atomic E-state index is 12.4. The Morgan fingerprint density at radius 3 is 2.73 bits per heavy atom. The van der Waals surface area contributed by atoms with Crippen molar-refractivity contribution in [2.24, 2.45) is 0 Å². The van der Waals surface area contributed by atoms with Crippen molar-refractivity contribution in [3.8, 4) is 17.2 Å². The molecule has 33 heavy (non-hydrogen) atoms. The number of nitriles is 1. The van der Waals surface area contributed by atoms with Gasteiger partial charge in [-0.25, -0.2) is 9.97 Å². The van der Waals surface area contributed by atoms with Gasteiger partial charge in [0.25, 0.3) is 0 Å². The summed E-state index contributed by atoms with van der Waals surface area (Å²) in [6.45, 7) is 10.4. The first kappa shape index (κ1) is 23.1. The Labute approximate surface area is 194 Å². The lowest BCUT2D eigenvalue weighted by Gasteiger charge is -2.28. The molecular weight excluding hydrogens is 434 g/mol. The molecule has 4 rings (SSSR count). The third kappa shape index (κ3) is 4.98. The largest absolute Gasteiger partial charge is 0.378 e. The minimum atomic E-state index is -1.24. The van der Waals surface area contributed by atoms with Crippen LogP contribution in [0.3, 0.4) is 0 Å². The SMILES string of the molecule is C[Si-](C)(C)CCOCn1c(C=O)c(-c2cccc(C#N)c2)c2c(N3CCOCC3)ncnc21. The van der Waals surface area contributed by atoms with Gasteiger partial charge in [0, 0.05) is 25.3 Å². The predicted octanol–water partition coefficient (Wildman–Crippen LogP) is 3.93. The van der Waals surface area contributed by atoms with E-state index in [2.05, 4.69) is 40.6 Å². The Balaban J connectivity index is 1.87. The Hall–Kier alpha value is -3.06. The first-order valence-electron chi connectivity index (χ1n) is 11.2. The molecule has 0 unspecified atom stereocenters. The molecule has 1 aromatic carbocycles. The molecule has 0 radical (unpaired) electrons. The van der Waals surface area contributed by atoms with E-state index in [4.69, 9.17) is 9.47 Å². The van der Waals surface area contributed by atoms with Gasteiger partial charge in [-0.3, -0.25) is 9.36 Å². The number of rotatable bonds is 8. The second-order valence-corrected chi connectivity index (χ2v) is 15.0. The summed E-state index contributed by atoms with van der Waals surface area (Å²) in [5, 5.41) is 10.2. The van der Waals surface area contributed by atoms with Crippen molar-refractivity contribution >= 4 is 31.2 Å². The summed E-state index contributed by atoms with van der Waals surface area (Å²) in [5.41, 5.74) is 3.17. The number of fused-ring (bicyclic) bond motifs is 1. The highest BCUT2D eigenvalue weighted by Gasteiger charge is 2.26. The van der Waals surface area contributed by atoms with Crippen LogP contribution in [0.15, 0.2) is 30.6 Å². The topological polar surface area (TPSA) is 93.3 Å². The lowest BCUT2D eigenvalue weighted by Crippen LogP contribution is -2.36. The van der Waals surface area contributed by atoms with Crippen LogP contribution in [0, 0.1) is 11.3 Å². The van der Waals surface area contributed by atoms with Gasteiger partial charge in [-0.2, -0.15) is 24.9 Å². The van der Waals surface area contributed by atoms with Gasteiger partial charge in [-0.1, -0.05) is 12.1 Å². The standard InChI is InChI=1S/C24H29N5O3Si/c1-33(2,3)12-11-32-17-29-20(15-30)21(19-6-4-5-18(13-19)14-25)22-23(26-16-27-24(22)29)28-7-9-31-10-8-28/h4-6,13,15-16H,7-12,17H2,1-3H3/q-1. The number of hydrogen-bond acceptors (Lipinski definition) is 7. The molecular formula is C24H29N5O3Si-. The van der Waals surface area contributed by atoms with Crippen LogP contribution >= 0.6 is 0 Å². The Morgan fingerprint density at radius 2 is 2.03 bits per heavy atom. The van der Waals surface area contributed by atoms with Crippen molar-refractivity contribution in [1.29, 1.82) is 5.26 Å². The van der Waals surface area contributed by atoms with E-state index in [9.17, 15) is 10.1 Å². The van der Waals surface area contributed by atoms with Crippen molar-refractivity contribution < 1.29 is 14.3 Å². The summed E-state index contributed by atoms with van der Waals surface area (Å²) in [5.74, 6) is 0.768. The van der Waals surface area contributed by atoms with Gasteiger partial charge in [-0.05, 0) is 17.7 Å². The number of anilines is 1. The van der Waals surface area contributed by atoms with Gasteiger partial charge in [0.05, 0.1) is 35.9 Å². The molecule has 1 aliphatic rings. The molecule has 173 valence electrons. The zero-order chi connectivity index (χ0) is 23.4. The van der Waals surface area contributed by atoms with E-state index in [1.165, 1.54) is 6.33 Å². The van der Waals surface area contributed by atoms with Crippen molar-refractivity contribution in [3.05, 3.63) is 41.9 Å². The third-order valence-corrected chi connectivity index (χ3v) is 7.48. The van der Waals surface area contributed by atoms with Gasteiger partial charge in [-0.15, -0.1) is 14.1 Å². The molecule has 0 aliphatic carbocycles. The van der Waals surface area contributed by atoms with Crippen LogP contribution in [-0.2, 0) is 16.2 Å². The molecule has 0 bridgehead atoms. The highest BCUT2D eigenvalue weighted by Crippen LogP contribution is 2.38. The highest BCUT2D eigenvalue weighted by molar-refractivity contribution is 6.76. The van der Waals surface area contributed by atoms with Gasteiger partial charge < -0.3 is 14.4 Å². The summed E-state index contributed by atoms with van der Waals surface area (Å²) in [7, 11) is -1.24. The minimum absolute atomic E-state index is 0.229. The fourth-order valence-electron chi connectivity index (χ4n) is 4.01. The number of ether oxygens (including phenoxy) is 2. The third-order valence-electron chi connectivity index (χ3n) is 5.78. The van der Waals surface area contributed by atoms with Crippen LogP contribution < -0.4 is 4.90 Å². The molecule has 1 saturated heterocycles. The molecule has 3 heterocycles. The number of carbonyl (C=O) groups is 1. The minimum Gasteiger partial charge on any atom is -0.378 e. The first-order valence-corrected chi connectivity index (χ1v) is 14.9. The quantitative estimate of drug-likeness (QED) is 0.284. The van der Waals surface area contributed by atoms with E-state index in [1.807, 2.05) is 16.7 Å². The molecule has 9 heteroatoms. The molecule has 0 amide bonds. The van der Waals surface area contributed by atoms with E-state index in [-0.39, 0.29) is 6.73 Å². The van der Waals surface area contributed by atoms with Crippen LogP contribution in [0.2, 0.25) is 25.7 Å². The average molecular weight is 464 g/mol. The Morgan fingerprint density at radius 1 is 1.24 bits per heavy atom. The molecule has 1 aliphatic heterocycles. The summed E-state index contributed by atoms with van der Waals surface area (Å²) < 4.78 is 13.4. The summed E-state index contributed by atoms with van der Waals surface area (Å²) in [4.78, 5) is 23.7. The number of nitrogens with zero attached hydrogens (tertiary/aromatic N) is 5. The molecule has 8 nitrogen and oxygen atoms in total. The fourth-order valence-corrected chi connectivity index (χ4v) is 4.77. The second kappa shape index (κ2) is 9.83. The van der Waals surface area contributed by atoms with Gasteiger partial charge in [0.1, 0.15) is 24.5 Å². The van der Waals surface area contributed by atoms with Crippen LogP contribution in [0.4, 0.5) is 5.82 Å². The maximum Gasteiger partial charge on any atom is 0.167 e. The van der Waals surface area contributed by atoms with E-state index in [0.29, 0.717) is 49.8 Å². The fraction of sp³-hybridized carbons (Fsp3) is 0.417. The Bertz CT molecular complexity index is 1190. The van der Waals surface area contributed by atoms with Crippen LogP contribution in [0.5, 0.6) is 0 Å². The smallest absolute Gasteiger partial charge is 0.167 e. The van der Waals surface area contributed by atoms with E-state index in [1.54, 1.807) is 12.1 Å². The lowest BCUT2D eigenvalue weighted by atomic mass is 10.0. The molecule has 0 N–H and O–H groups in total. The second-order valence-electron chi connectivity index (χ2n) is 9.34. The summed E-state index contributed by atoms with van der Waals surface area (Å²) in [6, 6.07) is 10.5. The average Bonchev–Trinajstić information content (AvgIpc) is 3.15. The number of morpholine rings is 1. The predicted molar refractivity (Wildman–Crippen MR) is 130 cm³/mol. The molecule has 2 aromatic heterocycles. The van der Waals surface area contributed by atoms with E-state index in [0.717, 1.165) is 34.7 Å². The van der Waals surface area contributed by atoms with Crippen molar-refractivity contribution in [2.75, 3.05) is 37.8 Å². The van der Waals surface area contributed by atoms with Crippen LogP contribution in [-0.4, -0.2) is 61.8 Å². The molecule has 0 saturated carbocycles. The molecule has 0 spiro atoms. The highest BCUT2D eigenvalue weighted by atomic mass is 28.3. The van der Waals surface area contributed by atoms with Crippen molar-refractivity contribution in [3.63, 3.8) is 0 Å². The van der Waals surface area contributed by atoms with Crippen molar-refractivity contribution in [1.82, 2.24) is 14.5 Å². The van der Waals surface area contributed by atoms with Gasteiger partial charge >= 0.3 is 0 Å². The van der Waals surface area contributed by atoms with Crippen LogP contribution in [0.1, 0.15) is 16.1 Å². The maximum atomic E-state index is 12.4. The molecule has 3 aromatic rings. The number of carbonyl (C=O) groups excluding carboxylic acids is 1. The zero-order valence-electron chi connectivity index (χ0n) is 19.4. The van der Waals surface area contributed by atoms with E-state index < -0.39 is 8.07 Å². The van der Waals surface area contributed by atoms with Gasteiger partial charge in [0.2, 0.25) is 0 Å². The number of benzene rings is 1. The first-order chi connectivity index (χ1) is 15.9. The van der Waals surface area contributed by atoms with Crippen LogP contribution in [0.25, 0.3) is 22.2 Å². The van der Waals surface area contributed by atoms with E-state index >= 15 is 0 Å².